The van der Waals surface area contributed by atoms with Gasteiger partial charge in [-0.1, -0.05) is 35.9 Å². The molecule has 0 unspecified atom stereocenters. The number of anilines is 2. The van der Waals surface area contributed by atoms with E-state index in [4.69, 9.17) is 16.3 Å². The van der Waals surface area contributed by atoms with E-state index in [9.17, 15) is 20.0 Å². The lowest BCUT2D eigenvalue weighted by atomic mass is 9.92. The highest BCUT2D eigenvalue weighted by atomic mass is 35.5. The second kappa shape index (κ2) is 15.5. The Hall–Kier alpha value is -5.05. The number of fused-ring (bicyclic) bond motifs is 1. The number of hydrogen-bond donors (Lipinski definition) is 1. The predicted octanol–water partition coefficient (Wildman–Crippen LogP) is 7.27. The predicted molar refractivity (Wildman–Crippen MR) is 208 cm³/mol. The summed E-state index contributed by atoms with van der Waals surface area (Å²) in [5.74, 6) is -0.358. The molecule has 0 saturated carbocycles. The Morgan fingerprint density at radius 3 is 2.34 bits per heavy atom. The van der Waals surface area contributed by atoms with Gasteiger partial charge in [-0.15, -0.1) is 12.4 Å². The third-order valence-electron chi connectivity index (χ3n) is 10.6. The maximum atomic E-state index is 14.8. The van der Waals surface area contributed by atoms with Crippen LogP contribution in [0.3, 0.4) is 0 Å². The molecule has 1 N–H and O–H groups in total. The van der Waals surface area contributed by atoms with Crippen molar-refractivity contribution in [1.29, 1.82) is 5.26 Å². The number of hydrogen-bond acceptors (Lipinski definition) is 6. The van der Waals surface area contributed by atoms with Crippen molar-refractivity contribution in [3.05, 3.63) is 129 Å². The van der Waals surface area contributed by atoms with Crippen molar-refractivity contribution < 1.29 is 19.4 Å². The summed E-state index contributed by atoms with van der Waals surface area (Å²) in [6.07, 6.45) is 2.52. The fourth-order valence-electron chi connectivity index (χ4n) is 7.38. The Morgan fingerprint density at radius 1 is 0.962 bits per heavy atom. The first-order valence-corrected chi connectivity index (χ1v) is 17.8. The number of halogens is 2. The van der Waals surface area contributed by atoms with Crippen LogP contribution in [0.15, 0.2) is 79.0 Å². The smallest absolute Gasteiger partial charge is 0.264 e. The molecule has 4 heterocycles. The fourth-order valence-corrected chi connectivity index (χ4v) is 7.55. The first-order valence-electron chi connectivity index (χ1n) is 17.4. The molecule has 1 fully saturated rings. The lowest BCUT2D eigenvalue weighted by Gasteiger charge is -2.40. The van der Waals surface area contributed by atoms with E-state index in [0.717, 1.165) is 48.6 Å². The molecule has 1 saturated heterocycles. The number of aromatic nitrogens is 2. The summed E-state index contributed by atoms with van der Waals surface area (Å²) in [5, 5.41) is 20.3. The summed E-state index contributed by atoms with van der Waals surface area (Å²) in [7, 11) is 1.78. The summed E-state index contributed by atoms with van der Waals surface area (Å²) in [6, 6.07) is 23.9. The standard InChI is InChI=1S/C41H41ClN6O4.ClH/c1-26-27(2)46(25-37(26)41(51)48(32-10-12-35(49)13-11-32)38-21-33(22-43)44(4)28(38)3)39-20-31(42)9-14-36(39)40(50)47-23-30-8-6-5-7-29(30)19-34(47)24-45-15-17-52-18-16-45;/h5-14,20-21,25,34,49H,15-19,23-24H2,1-4H3;1H/t34-;/m0./s1. The van der Waals surface area contributed by atoms with Crippen molar-refractivity contribution in [3.8, 4) is 17.5 Å². The second-order valence-electron chi connectivity index (χ2n) is 13.6. The molecule has 7 rings (SSSR count). The van der Waals surface area contributed by atoms with Gasteiger partial charge in [0.1, 0.15) is 17.5 Å². The number of benzene rings is 3. The summed E-state index contributed by atoms with van der Waals surface area (Å²) in [6.45, 7) is 9.91. The number of nitriles is 1. The average Bonchev–Trinajstić information content (AvgIpc) is 3.61. The van der Waals surface area contributed by atoms with Gasteiger partial charge in [0.25, 0.3) is 11.8 Å². The number of carbonyl (C=O) groups is 2. The zero-order chi connectivity index (χ0) is 36.7. The van der Waals surface area contributed by atoms with Crippen LogP contribution in [-0.2, 0) is 24.8 Å². The third-order valence-corrected chi connectivity index (χ3v) is 10.8. The zero-order valence-corrected chi connectivity index (χ0v) is 31.7. The van der Waals surface area contributed by atoms with Crippen molar-refractivity contribution >= 4 is 47.2 Å². The molecule has 274 valence electrons. The molecule has 53 heavy (non-hydrogen) atoms. The molecule has 5 aromatic rings. The van der Waals surface area contributed by atoms with Gasteiger partial charge < -0.3 is 23.9 Å². The molecule has 2 amide bonds. The van der Waals surface area contributed by atoms with Gasteiger partial charge in [-0.05, 0) is 92.4 Å². The van der Waals surface area contributed by atoms with Crippen LogP contribution >= 0.6 is 24.0 Å². The van der Waals surface area contributed by atoms with E-state index >= 15 is 0 Å². The van der Waals surface area contributed by atoms with Crippen molar-refractivity contribution in [2.75, 3.05) is 37.7 Å². The van der Waals surface area contributed by atoms with Crippen LogP contribution in [0, 0.1) is 32.1 Å². The van der Waals surface area contributed by atoms with Crippen LogP contribution in [0.4, 0.5) is 11.4 Å². The molecule has 3 aromatic carbocycles. The molecular weight excluding hydrogens is 711 g/mol. The Kier molecular flexibility index (Phi) is 11.0. The van der Waals surface area contributed by atoms with Crippen LogP contribution < -0.4 is 4.90 Å². The van der Waals surface area contributed by atoms with Crippen LogP contribution in [0.2, 0.25) is 5.02 Å². The van der Waals surface area contributed by atoms with Crippen LogP contribution in [0.1, 0.15) is 54.5 Å². The first kappa shape index (κ1) is 37.7. The highest BCUT2D eigenvalue weighted by Crippen LogP contribution is 2.36. The Bertz CT molecular complexity index is 2210. The number of phenols is 1. The molecule has 0 radical (unpaired) electrons. The molecule has 2 aromatic heterocycles. The first-order chi connectivity index (χ1) is 25.0. The number of ether oxygens (including phenoxy) is 1. The number of carbonyl (C=O) groups excluding carboxylic acids is 2. The Morgan fingerprint density at radius 2 is 1.66 bits per heavy atom. The van der Waals surface area contributed by atoms with E-state index in [1.165, 1.54) is 17.7 Å². The van der Waals surface area contributed by atoms with Crippen molar-refractivity contribution in [3.63, 3.8) is 0 Å². The van der Waals surface area contributed by atoms with Gasteiger partial charge in [0.15, 0.2) is 0 Å². The third kappa shape index (κ3) is 7.18. The molecule has 0 bridgehead atoms. The zero-order valence-electron chi connectivity index (χ0n) is 30.2. The topological polar surface area (TPSA) is 107 Å². The molecule has 0 aliphatic carbocycles. The summed E-state index contributed by atoms with van der Waals surface area (Å²) in [5.41, 5.74) is 7.61. The van der Waals surface area contributed by atoms with Crippen molar-refractivity contribution in [2.24, 2.45) is 7.05 Å². The monoisotopic (exact) mass is 752 g/mol. The number of phenolic OH excluding ortho intramolecular Hbond substituents is 1. The van der Waals surface area contributed by atoms with Gasteiger partial charge in [0.05, 0.1) is 35.7 Å². The lowest BCUT2D eigenvalue weighted by Crippen LogP contribution is -2.52. The van der Waals surface area contributed by atoms with E-state index in [1.54, 1.807) is 59.1 Å². The number of rotatable bonds is 7. The highest BCUT2D eigenvalue weighted by Gasteiger charge is 2.34. The van der Waals surface area contributed by atoms with Gasteiger partial charge in [0, 0.05) is 67.6 Å². The molecule has 2 aliphatic heterocycles. The molecule has 10 nitrogen and oxygen atoms in total. The van der Waals surface area contributed by atoms with E-state index in [1.807, 2.05) is 36.3 Å². The number of aromatic hydroxyl groups is 1. The normalized spacial score (nSPS) is 15.7. The van der Waals surface area contributed by atoms with Crippen molar-refractivity contribution in [2.45, 2.75) is 39.8 Å². The SMILES string of the molecule is Cc1c(C(=O)N(c2ccc(O)cc2)c2cc(C#N)n(C)c2C)cn(-c2cc(Cl)ccc2C(=O)N2Cc3ccccc3C[C@H]2CN2CCOCC2)c1C.Cl. The van der Waals surface area contributed by atoms with Gasteiger partial charge in [-0.3, -0.25) is 19.4 Å². The lowest BCUT2D eigenvalue weighted by molar-refractivity contribution is 0.0193. The summed E-state index contributed by atoms with van der Waals surface area (Å²) >= 11 is 6.63. The van der Waals surface area contributed by atoms with Crippen LogP contribution in [-0.4, -0.2) is 74.7 Å². The number of morpholine rings is 1. The van der Waals surface area contributed by atoms with Crippen molar-refractivity contribution in [1.82, 2.24) is 18.9 Å². The Balaban J connectivity index is 0.00000481. The van der Waals surface area contributed by atoms with E-state index in [-0.39, 0.29) is 36.0 Å². The second-order valence-corrected chi connectivity index (χ2v) is 14.0. The number of amides is 2. The maximum absolute atomic E-state index is 14.8. The van der Waals surface area contributed by atoms with Crippen LogP contribution in [0.5, 0.6) is 5.75 Å². The van der Waals surface area contributed by atoms with Gasteiger partial charge in [-0.2, -0.15) is 5.26 Å². The maximum Gasteiger partial charge on any atom is 0.264 e. The number of nitrogens with zero attached hydrogens (tertiary/aromatic N) is 6. The quantitative estimate of drug-likeness (QED) is 0.188. The van der Waals surface area contributed by atoms with E-state index in [0.29, 0.717) is 58.7 Å². The van der Waals surface area contributed by atoms with Gasteiger partial charge in [0.2, 0.25) is 0 Å². The Labute approximate surface area is 320 Å². The highest BCUT2D eigenvalue weighted by molar-refractivity contribution is 6.31. The van der Waals surface area contributed by atoms with E-state index < -0.39 is 0 Å². The fraction of sp³-hybridized carbons (Fsp3) is 0.293. The minimum absolute atomic E-state index is 0. The van der Waals surface area contributed by atoms with Crippen LogP contribution in [0.25, 0.3) is 5.69 Å². The molecule has 0 spiro atoms. The van der Waals surface area contributed by atoms with Gasteiger partial charge >= 0.3 is 0 Å². The minimum Gasteiger partial charge on any atom is -0.508 e. The minimum atomic E-state index is -0.323. The van der Waals surface area contributed by atoms with E-state index in [2.05, 4.69) is 29.2 Å². The average molecular weight is 754 g/mol. The molecule has 2 aliphatic rings. The molecule has 12 heteroatoms. The van der Waals surface area contributed by atoms with Gasteiger partial charge in [-0.25, -0.2) is 0 Å². The largest absolute Gasteiger partial charge is 0.508 e. The summed E-state index contributed by atoms with van der Waals surface area (Å²) in [4.78, 5) is 35.5. The summed E-state index contributed by atoms with van der Waals surface area (Å²) < 4.78 is 9.23. The molecular formula is C41H42Cl2N6O4. The molecule has 1 atom stereocenters.